The molecule has 1 aliphatic carbocycles. The van der Waals surface area contributed by atoms with Gasteiger partial charge in [-0.25, -0.2) is 4.79 Å². The van der Waals surface area contributed by atoms with Crippen molar-refractivity contribution in [3.8, 4) is 0 Å². The molecular weight excluding hydrogens is 342 g/mol. The standard InChI is InChI=1S/C18H19NO3S2/c1-23-15-9-5-3-7-13(15)19-17(20)11-22-18(21)16-10-12-6-2-4-8-14(12)24-16/h3,5,7,9-10H,2,4,6,8,11H2,1H3,(H,19,20). The lowest BCUT2D eigenvalue weighted by Crippen LogP contribution is -2.20. The summed E-state index contributed by atoms with van der Waals surface area (Å²) in [7, 11) is 0. The third-order valence-electron chi connectivity index (χ3n) is 3.91. The number of amides is 1. The first-order chi connectivity index (χ1) is 11.7. The van der Waals surface area contributed by atoms with Gasteiger partial charge in [-0.3, -0.25) is 4.79 Å². The number of esters is 1. The lowest BCUT2D eigenvalue weighted by atomic mass is 9.99. The predicted molar refractivity (Wildman–Crippen MR) is 98.1 cm³/mol. The fourth-order valence-electron chi connectivity index (χ4n) is 2.73. The number of carbonyl (C=O) groups is 2. The highest BCUT2D eigenvalue weighted by atomic mass is 32.2. The van der Waals surface area contributed by atoms with Crippen molar-refractivity contribution >= 4 is 40.7 Å². The number of thioether (sulfide) groups is 1. The highest BCUT2D eigenvalue weighted by Gasteiger charge is 2.19. The number of aryl methyl sites for hydroxylation is 2. The Bertz CT molecular complexity index is 731. The molecule has 2 aromatic rings. The maximum Gasteiger partial charge on any atom is 0.348 e. The summed E-state index contributed by atoms with van der Waals surface area (Å²) in [6.07, 6.45) is 6.38. The molecule has 0 saturated heterocycles. The van der Waals surface area contributed by atoms with Crippen molar-refractivity contribution in [1.82, 2.24) is 0 Å². The van der Waals surface area contributed by atoms with Gasteiger partial charge in [0.1, 0.15) is 4.88 Å². The quantitative estimate of drug-likeness (QED) is 0.642. The van der Waals surface area contributed by atoms with E-state index in [0.717, 1.165) is 23.4 Å². The van der Waals surface area contributed by atoms with Gasteiger partial charge in [-0.2, -0.15) is 0 Å². The number of benzene rings is 1. The summed E-state index contributed by atoms with van der Waals surface area (Å²) in [5.41, 5.74) is 1.99. The van der Waals surface area contributed by atoms with Crippen LogP contribution in [0.3, 0.4) is 0 Å². The number of rotatable bonds is 5. The summed E-state index contributed by atoms with van der Waals surface area (Å²) >= 11 is 3.05. The Kier molecular flexibility index (Phi) is 5.58. The van der Waals surface area contributed by atoms with Gasteiger partial charge in [0.25, 0.3) is 5.91 Å². The molecule has 4 nitrogen and oxygen atoms in total. The Labute approximate surface area is 149 Å². The first-order valence-electron chi connectivity index (χ1n) is 7.89. The predicted octanol–water partition coefficient (Wildman–Crippen LogP) is 4.14. The molecule has 1 N–H and O–H groups in total. The van der Waals surface area contributed by atoms with Gasteiger partial charge >= 0.3 is 5.97 Å². The third kappa shape index (κ3) is 3.99. The number of hydrogen-bond donors (Lipinski definition) is 1. The molecule has 1 heterocycles. The number of thiophene rings is 1. The highest BCUT2D eigenvalue weighted by molar-refractivity contribution is 7.98. The summed E-state index contributed by atoms with van der Waals surface area (Å²) < 4.78 is 5.17. The van der Waals surface area contributed by atoms with Crippen molar-refractivity contribution in [3.63, 3.8) is 0 Å². The van der Waals surface area contributed by atoms with Crippen LogP contribution in [0.1, 0.15) is 33.0 Å². The van der Waals surface area contributed by atoms with E-state index in [1.165, 1.54) is 34.6 Å². The molecule has 0 spiro atoms. The summed E-state index contributed by atoms with van der Waals surface area (Å²) in [6, 6.07) is 9.46. The van der Waals surface area contributed by atoms with Crippen molar-refractivity contribution in [1.29, 1.82) is 0 Å². The molecule has 0 bridgehead atoms. The Balaban J connectivity index is 1.56. The number of anilines is 1. The van der Waals surface area contributed by atoms with Crippen molar-refractivity contribution in [2.24, 2.45) is 0 Å². The number of fused-ring (bicyclic) bond motifs is 1. The van der Waals surface area contributed by atoms with Gasteiger partial charge < -0.3 is 10.1 Å². The molecule has 0 atom stereocenters. The summed E-state index contributed by atoms with van der Waals surface area (Å²) in [6.45, 7) is -0.274. The van der Waals surface area contributed by atoms with Crippen LogP contribution in [0, 0.1) is 0 Å². The van der Waals surface area contributed by atoms with Crippen LogP contribution in [0.25, 0.3) is 0 Å². The summed E-state index contributed by atoms with van der Waals surface area (Å²) in [5, 5.41) is 2.78. The smallest absolute Gasteiger partial charge is 0.348 e. The second-order valence-electron chi connectivity index (χ2n) is 5.59. The van der Waals surface area contributed by atoms with Crippen LogP contribution in [-0.4, -0.2) is 24.7 Å². The van der Waals surface area contributed by atoms with Crippen LogP contribution in [0.4, 0.5) is 5.69 Å². The monoisotopic (exact) mass is 361 g/mol. The van der Waals surface area contributed by atoms with E-state index >= 15 is 0 Å². The van der Waals surface area contributed by atoms with Gasteiger partial charge in [0.15, 0.2) is 6.61 Å². The van der Waals surface area contributed by atoms with Crippen LogP contribution < -0.4 is 5.32 Å². The SMILES string of the molecule is CSc1ccccc1NC(=O)COC(=O)c1cc2c(s1)CCCC2. The zero-order chi connectivity index (χ0) is 16.9. The number of ether oxygens (including phenoxy) is 1. The van der Waals surface area contributed by atoms with Crippen molar-refractivity contribution < 1.29 is 14.3 Å². The fourth-order valence-corrected chi connectivity index (χ4v) is 4.43. The minimum absolute atomic E-state index is 0.274. The van der Waals surface area contributed by atoms with Gasteiger partial charge in [-0.15, -0.1) is 23.1 Å². The molecule has 3 rings (SSSR count). The lowest BCUT2D eigenvalue weighted by molar-refractivity contribution is -0.119. The van der Waals surface area contributed by atoms with Crippen molar-refractivity contribution in [2.45, 2.75) is 30.6 Å². The highest BCUT2D eigenvalue weighted by Crippen LogP contribution is 2.30. The molecule has 0 unspecified atom stereocenters. The number of nitrogens with one attached hydrogen (secondary N) is 1. The van der Waals surface area contributed by atoms with Crippen LogP contribution in [0.15, 0.2) is 35.2 Å². The van der Waals surface area contributed by atoms with E-state index in [4.69, 9.17) is 4.74 Å². The molecule has 1 aromatic heterocycles. The topological polar surface area (TPSA) is 55.4 Å². The van der Waals surface area contributed by atoms with E-state index in [1.807, 2.05) is 36.6 Å². The fraction of sp³-hybridized carbons (Fsp3) is 0.333. The maximum absolute atomic E-state index is 12.1. The summed E-state index contributed by atoms with van der Waals surface area (Å²) in [4.78, 5) is 27.0. The first-order valence-corrected chi connectivity index (χ1v) is 9.93. The minimum atomic E-state index is -0.414. The van der Waals surface area contributed by atoms with E-state index in [1.54, 1.807) is 11.8 Å². The average Bonchev–Trinajstić information content (AvgIpc) is 3.04. The molecule has 1 aliphatic rings. The Hall–Kier alpha value is -1.79. The average molecular weight is 361 g/mol. The van der Waals surface area contributed by atoms with Gasteiger partial charge in [-0.05, 0) is 55.7 Å². The third-order valence-corrected chi connectivity index (χ3v) is 5.93. The molecule has 126 valence electrons. The normalized spacial score (nSPS) is 13.2. The van der Waals surface area contributed by atoms with Gasteiger partial charge in [0, 0.05) is 9.77 Å². The van der Waals surface area contributed by atoms with Crippen molar-refractivity contribution in [3.05, 3.63) is 45.6 Å². The Morgan fingerprint density at radius 3 is 2.83 bits per heavy atom. The largest absolute Gasteiger partial charge is 0.451 e. The maximum atomic E-state index is 12.1. The second-order valence-corrected chi connectivity index (χ2v) is 7.58. The molecule has 6 heteroatoms. The second kappa shape index (κ2) is 7.85. The van der Waals surface area contributed by atoms with Gasteiger partial charge in [0.2, 0.25) is 0 Å². The number of para-hydroxylation sites is 1. The van der Waals surface area contributed by atoms with E-state index < -0.39 is 5.97 Å². The zero-order valence-electron chi connectivity index (χ0n) is 13.5. The molecule has 1 amide bonds. The van der Waals surface area contributed by atoms with E-state index in [2.05, 4.69) is 5.32 Å². The zero-order valence-corrected chi connectivity index (χ0v) is 15.1. The Morgan fingerprint density at radius 2 is 2.04 bits per heavy atom. The minimum Gasteiger partial charge on any atom is -0.451 e. The van der Waals surface area contributed by atoms with E-state index in [-0.39, 0.29) is 12.5 Å². The molecule has 0 aliphatic heterocycles. The molecule has 0 fully saturated rings. The van der Waals surface area contributed by atoms with E-state index in [9.17, 15) is 9.59 Å². The lowest BCUT2D eigenvalue weighted by Gasteiger charge is -2.09. The molecular formula is C18H19NO3S2. The van der Waals surface area contributed by atoms with Crippen LogP contribution in [0.2, 0.25) is 0 Å². The van der Waals surface area contributed by atoms with Crippen LogP contribution in [0.5, 0.6) is 0 Å². The van der Waals surface area contributed by atoms with Crippen LogP contribution in [-0.2, 0) is 22.4 Å². The van der Waals surface area contributed by atoms with Crippen LogP contribution >= 0.6 is 23.1 Å². The number of hydrogen-bond acceptors (Lipinski definition) is 5. The van der Waals surface area contributed by atoms with Gasteiger partial charge in [-0.1, -0.05) is 12.1 Å². The summed E-state index contributed by atoms with van der Waals surface area (Å²) in [5.74, 6) is -0.742. The van der Waals surface area contributed by atoms with Gasteiger partial charge in [0.05, 0.1) is 5.69 Å². The first kappa shape index (κ1) is 17.0. The Morgan fingerprint density at radius 1 is 1.25 bits per heavy atom. The van der Waals surface area contributed by atoms with E-state index in [0.29, 0.717) is 4.88 Å². The number of carbonyl (C=O) groups excluding carboxylic acids is 2. The van der Waals surface area contributed by atoms with Crippen molar-refractivity contribution in [2.75, 3.05) is 18.2 Å². The molecule has 0 saturated carbocycles. The molecule has 0 radical (unpaired) electrons. The molecule has 24 heavy (non-hydrogen) atoms. The molecule has 1 aromatic carbocycles.